The van der Waals surface area contributed by atoms with E-state index < -0.39 is 18.5 Å². The Kier molecular flexibility index (Phi) is 6.95. The van der Waals surface area contributed by atoms with Crippen molar-refractivity contribution in [2.24, 2.45) is 0 Å². The third-order valence-corrected chi connectivity index (χ3v) is 6.74. The Bertz CT molecular complexity index is 1600. The number of anilines is 1. The smallest absolute Gasteiger partial charge is 0.339 e. The molecule has 0 saturated carbocycles. The summed E-state index contributed by atoms with van der Waals surface area (Å²) in [4.78, 5) is 34.5. The van der Waals surface area contributed by atoms with Crippen molar-refractivity contribution in [3.05, 3.63) is 99.9 Å². The molecular formula is C27H17Cl2N3O3S. The Morgan fingerprint density at radius 3 is 2.19 bits per heavy atom. The number of rotatable bonds is 6. The van der Waals surface area contributed by atoms with Crippen molar-refractivity contribution in [1.82, 2.24) is 9.97 Å². The Morgan fingerprint density at radius 1 is 0.833 bits per heavy atom. The van der Waals surface area contributed by atoms with E-state index in [2.05, 4.69) is 15.3 Å². The van der Waals surface area contributed by atoms with Crippen LogP contribution < -0.4 is 5.32 Å². The zero-order valence-corrected chi connectivity index (χ0v) is 20.9. The molecule has 1 N–H and O–H groups in total. The maximum absolute atomic E-state index is 13.0. The van der Waals surface area contributed by atoms with Gasteiger partial charge in [0.05, 0.1) is 22.5 Å². The molecule has 0 radical (unpaired) electrons. The standard InChI is InChI=1S/C27H17Cl2N3O3S/c28-20-10-4-1-8-17(20)23-13-19(16-7-3-6-12-22(16)30-23)26(34)35-14-25(33)32-27-31-24(15-36-27)18-9-2-5-11-21(18)29/h1-13,15H,14H2,(H,31,32,33). The largest absolute Gasteiger partial charge is 0.452 e. The average molecular weight is 534 g/mol. The van der Waals surface area contributed by atoms with E-state index in [1.165, 1.54) is 11.3 Å². The van der Waals surface area contributed by atoms with E-state index in [0.29, 0.717) is 48.6 Å². The number of hydrogen-bond donors (Lipinski definition) is 1. The first kappa shape index (κ1) is 23.9. The predicted octanol–water partition coefficient (Wildman–Crippen LogP) is 7.13. The molecule has 0 aliphatic carbocycles. The summed E-state index contributed by atoms with van der Waals surface area (Å²) in [5, 5.41) is 6.52. The van der Waals surface area contributed by atoms with Crippen LogP contribution in [0.3, 0.4) is 0 Å². The number of pyridine rings is 1. The van der Waals surface area contributed by atoms with Gasteiger partial charge in [-0.2, -0.15) is 0 Å². The molecule has 3 aromatic carbocycles. The predicted molar refractivity (Wildman–Crippen MR) is 144 cm³/mol. The number of benzene rings is 3. The number of carbonyl (C=O) groups excluding carboxylic acids is 2. The number of para-hydroxylation sites is 1. The van der Waals surface area contributed by atoms with Gasteiger partial charge in [0.1, 0.15) is 0 Å². The van der Waals surface area contributed by atoms with Gasteiger partial charge >= 0.3 is 5.97 Å². The second-order valence-corrected chi connectivity index (χ2v) is 9.37. The lowest BCUT2D eigenvalue weighted by molar-refractivity contribution is -0.119. The monoisotopic (exact) mass is 533 g/mol. The van der Waals surface area contributed by atoms with Crippen molar-refractivity contribution in [3.8, 4) is 22.5 Å². The highest BCUT2D eigenvalue weighted by atomic mass is 35.5. The van der Waals surface area contributed by atoms with Crippen molar-refractivity contribution in [2.75, 3.05) is 11.9 Å². The fraction of sp³-hybridized carbons (Fsp3) is 0.0370. The summed E-state index contributed by atoms with van der Waals surface area (Å²) in [5.74, 6) is -1.15. The fourth-order valence-corrected chi connectivity index (χ4v) is 4.83. The van der Waals surface area contributed by atoms with E-state index in [1.807, 2.05) is 48.5 Å². The number of esters is 1. The molecular weight excluding hydrogens is 517 g/mol. The summed E-state index contributed by atoms with van der Waals surface area (Å²) < 4.78 is 5.35. The number of halogens is 2. The maximum Gasteiger partial charge on any atom is 0.339 e. The van der Waals surface area contributed by atoms with E-state index in [4.69, 9.17) is 27.9 Å². The van der Waals surface area contributed by atoms with Gasteiger partial charge in [0, 0.05) is 31.9 Å². The molecule has 0 unspecified atom stereocenters. The molecule has 2 heterocycles. The van der Waals surface area contributed by atoms with Gasteiger partial charge in [0.2, 0.25) is 0 Å². The quantitative estimate of drug-likeness (QED) is 0.235. The van der Waals surface area contributed by atoms with Gasteiger partial charge in [-0.3, -0.25) is 10.1 Å². The third kappa shape index (κ3) is 5.09. The molecule has 0 fully saturated rings. The van der Waals surface area contributed by atoms with E-state index in [0.717, 1.165) is 5.56 Å². The Labute approximate surface area is 220 Å². The van der Waals surface area contributed by atoms with Crippen molar-refractivity contribution < 1.29 is 14.3 Å². The van der Waals surface area contributed by atoms with Crippen LogP contribution in [-0.4, -0.2) is 28.5 Å². The Hall–Kier alpha value is -3.78. The lowest BCUT2D eigenvalue weighted by atomic mass is 10.0. The molecule has 0 spiro atoms. The number of aromatic nitrogens is 2. The molecule has 6 nitrogen and oxygen atoms in total. The SMILES string of the molecule is O=C(COC(=O)c1cc(-c2ccccc2Cl)nc2ccccc12)Nc1nc(-c2ccccc2Cl)cs1. The first-order valence-corrected chi connectivity index (χ1v) is 12.5. The van der Waals surface area contributed by atoms with Crippen LogP contribution in [0.25, 0.3) is 33.4 Å². The minimum Gasteiger partial charge on any atom is -0.452 e. The first-order chi connectivity index (χ1) is 17.5. The molecule has 178 valence electrons. The summed E-state index contributed by atoms with van der Waals surface area (Å²) in [5.41, 5.74) is 3.54. The number of hydrogen-bond acceptors (Lipinski definition) is 6. The number of carbonyl (C=O) groups is 2. The lowest BCUT2D eigenvalue weighted by Crippen LogP contribution is -2.21. The van der Waals surface area contributed by atoms with E-state index in [9.17, 15) is 9.59 Å². The van der Waals surface area contributed by atoms with Crippen LogP contribution in [0.4, 0.5) is 5.13 Å². The van der Waals surface area contributed by atoms with Crippen LogP contribution >= 0.6 is 34.5 Å². The van der Waals surface area contributed by atoms with Gasteiger partial charge in [-0.15, -0.1) is 11.3 Å². The molecule has 2 aromatic heterocycles. The van der Waals surface area contributed by atoms with Crippen LogP contribution in [-0.2, 0) is 9.53 Å². The number of ether oxygens (including phenoxy) is 1. The Morgan fingerprint density at radius 2 is 1.47 bits per heavy atom. The van der Waals surface area contributed by atoms with Crippen molar-refractivity contribution in [2.45, 2.75) is 0 Å². The van der Waals surface area contributed by atoms with Crippen LogP contribution in [0.2, 0.25) is 10.0 Å². The molecule has 5 rings (SSSR count). The zero-order chi connectivity index (χ0) is 25.1. The van der Waals surface area contributed by atoms with Crippen molar-refractivity contribution in [3.63, 3.8) is 0 Å². The topological polar surface area (TPSA) is 81.2 Å². The number of thiazole rings is 1. The maximum atomic E-state index is 13.0. The highest BCUT2D eigenvalue weighted by Crippen LogP contribution is 2.31. The van der Waals surface area contributed by atoms with E-state index in [-0.39, 0.29) is 0 Å². The summed E-state index contributed by atoms with van der Waals surface area (Å²) in [6.07, 6.45) is 0. The molecule has 0 bridgehead atoms. The molecule has 1 amide bonds. The number of amides is 1. The second-order valence-electron chi connectivity index (χ2n) is 7.69. The summed E-state index contributed by atoms with van der Waals surface area (Å²) >= 11 is 13.8. The van der Waals surface area contributed by atoms with Gasteiger partial charge in [0.25, 0.3) is 5.91 Å². The van der Waals surface area contributed by atoms with Crippen LogP contribution in [0.5, 0.6) is 0 Å². The van der Waals surface area contributed by atoms with Gasteiger partial charge in [-0.25, -0.2) is 14.8 Å². The van der Waals surface area contributed by atoms with Crippen LogP contribution in [0.1, 0.15) is 10.4 Å². The van der Waals surface area contributed by atoms with Crippen LogP contribution in [0.15, 0.2) is 84.2 Å². The second kappa shape index (κ2) is 10.5. The number of nitrogens with zero attached hydrogens (tertiary/aromatic N) is 2. The number of fused-ring (bicyclic) bond motifs is 1. The van der Waals surface area contributed by atoms with E-state index >= 15 is 0 Å². The average Bonchev–Trinajstić information content (AvgIpc) is 3.35. The van der Waals surface area contributed by atoms with Crippen molar-refractivity contribution in [1.29, 1.82) is 0 Å². The normalized spacial score (nSPS) is 10.8. The van der Waals surface area contributed by atoms with Gasteiger partial charge in [-0.05, 0) is 24.3 Å². The first-order valence-electron chi connectivity index (χ1n) is 10.8. The van der Waals surface area contributed by atoms with Gasteiger partial charge in [0.15, 0.2) is 11.7 Å². The van der Waals surface area contributed by atoms with Gasteiger partial charge in [-0.1, -0.05) is 77.8 Å². The molecule has 0 atom stereocenters. The van der Waals surface area contributed by atoms with Gasteiger partial charge < -0.3 is 4.74 Å². The molecule has 0 saturated heterocycles. The van der Waals surface area contributed by atoms with E-state index in [1.54, 1.807) is 35.7 Å². The number of nitrogens with one attached hydrogen (secondary N) is 1. The summed E-state index contributed by atoms with van der Waals surface area (Å²) in [7, 11) is 0. The highest BCUT2D eigenvalue weighted by Gasteiger charge is 2.18. The zero-order valence-electron chi connectivity index (χ0n) is 18.6. The Balaban J connectivity index is 1.32. The molecule has 9 heteroatoms. The molecule has 36 heavy (non-hydrogen) atoms. The van der Waals surface area contributed by atoms with Crippen molar-refractivity contribution >= 4 is 62.4 Å². The fourth-order valence-electron chi connectivity index (χ4n) is 3.64. The molecule has 0 aliphatic heterocycles. The summed E-state index contributed by atoms with van der Waals surface area (Å²) in [6.45, 7) is -0.474. The molecule has 0 aliphatic rings. The third-order valence-electron chi connectivity index (χ3n) is 5.32. The molecule has 5 aromatic rings. The lowest BCUT2D eigenvalue weighted by Gasteiger charge is -2.11. The minimum absolute atomic E-state index is 0.290. The highest BCUT2D eigenvalue weighted by molar-refractivity contribution is 7.14. The van der Waals surface area contributed by atoms with Crippen LogP contribution in [0, 0.1) is 0 Å². The minimum atomic E-state index is -0.645. The summed E-state index contributed by atoms with van der Waals surface area (Å²) in [6, 6.07) is 23.4.